The van der Waals surface area contributed by atoms with Crippen LogP contribution in [0.3, 0.4) is 0 Å². The normalized spacial score (nSPS) is 13.6. The van der Waals surface area contributed by atoms with Crippen molar-refractivity contribution < 1.29 is 0 Å². The highest BCUT2D eigenvalue weighted by Gasteiger charge is 2.18. The highest BCUT2D eigenvalue weighted by Crippen LogP contribution is 2.35. The molecular formula is C39H50N2. The maximum Gasteiger partial charge on any atom is 0.0316 e. The smallest absolute Gasteiger partial charge is 0.0316 e. The van der Waals surface area contributed by atoms with Gasteiger partial charge in [0, 0.05) is 29.1 Å². The maximum absolute atomic E-state index is 6.01. The number of rotatable bonds is 13. The Balaban J connectivity index is 1.55. The second kappa shape index (κ2) is 14.4. The lowest BCUT2D eigenvalue weighted by atomic mass is 9.83. The molecule has 0 aromatic heterocycles. The summed E-state index contributed by atoms with van der Waals surface area (Å²) < 4.78 is 0. The van der Waals surface area contributed by atoms with Gasteiger partial charge in [-0.1, -0.05) is 120 Å². The number of hydrogen-bond donors (Lipinski definition) is 2. The fraction of sp³-hybridized carbons (Fsp3) is 0.385. The van der Waals surface area contributed by atoms with E-state index in [1.54, 1.807) is 0 Å². The number of nitrogen functional groups attached to an aromatic ring is 2. The predicted octanol–water partition coefficient (Wildman–Crippen LogP) is 10.7. The fourth-order valence-corrected chi connectivity index (χ4v) is 6.42. The summed E-state index contributed by atoms with van der Waals surface area (Å²) in [6.45, 7) is 11.2. The topological polar surface area (TPSA) is 52.0 Å². The first kappa shape index (κ1) is 30.4. The second-order valence-electron chi connectivity index (χ2n) is 12.1. The number of unbranched alkanes of at least 4 members (excludes halogenated alkanes) is 5. The Morgan fingerprint density at radius 2 is 0.902 bits per heavy atom. The van der Waals surface area contributed by atoms with Crippen LogP contribution in [0.1, 0.15) is 128 Å². The van der Waals surface area contributed by atoms with Crippen molar-refractivity contribution in [2.75, 3.05) is 11.5 Å². The Kier molecular flexibility index (Phi) is 10.7. The van der Waals surface area contributed by atoms with Crippen molar-refractivity contribution in [3.05, 3.63) is 129 Å². The Hall–Kier alpha value is -3.52. The van der Waals surface area contributed by atoms with Gasteiger partial charge in [-0.3, -0.25) is 0 Å². The number of anilines is 2. The molecule has 4 aromatic rings. The Bertz CT molecular complexity index is 1280. The summed E-state index contributed by atoms with van der Waals surface area (Å²) in [6, 6.07) is 31.4. The summed E-state index contributed by atoms with van der Waals surface area (Å²) >= 11 is 0. The molecule has 0 aliphatic rings. The number of nitrogens with two attached hydrogens (primary N) is 2. The molecule has 0 saturated heterocycles. The van der Waals surface area contributed by atoms with Crippen molar-refractivity contribution in [3.8, 4) is 0 Å². The van der Waals surface area contributed by atoms with Gasteiger partial charge in [-0.2, -0.15) is 0 Å². The first-order valence-corrected chi connectivity index (χ1v) is 15.7. The highest BCUT2D eigenvalue weighted by molar-refractivity contribution is 5.49. The quantitative estimate of drug-likeness (QED) is 0.129. The molecule has 2 nitrogen and oxygen atoms in total. The van der Waals surface area contributed by atoms with Gasteiger partial charge in [0.15, 0.2) is 0 Å². The zero-order valence-corrected chi connectivity index (χ0v) is 25.9. The number of benzene rings is 4. The van der Waals surface area contributed by atoms with E-state index in [1.165, 1.54) is 89.5 Å². The van der Waals surface area contributed by atoms with Gasteiger partial charge in [0.2, 0.25) is 0 Å². The lowest BCUT2D eigenvalue weighted by molar-refractivity contribution is 0.568. The molecule has 0 fully saturated rings. The van der Waals surface area contributed by atoms with E-state index in [-0.39, 0.29) is 0 Å². The summed E-state index contributed by atoms with van der Waals surface area (Å²) in [5.41, 5.74) is 24.4. The first-order chi connectivity index (χ1) is 19.8. The molecule has 0 amide bonds. The summed E-state index contributed by atoms with van der Waals surface area (Å²) in [4.78, 5) is 0. The molecule has 0 spiro atoms. The molecule has 0 radical (unpaired) electrons. The third kappa shape index (κ3) is 7.82. The van der Waals surface area contributed by atoms with Gasteiger partial charge in [0.25, 0.3) is 0 Å². The molecule has 0 bridgehead atoms. The van der Waals surface area contributed by atoms with Crippen molar-refractivity contribution in [3.63, 3.8) is 0 Å². The standard InChI is InChI=1S/C39H50N2/c1-6-7-8-9-10-11-12-39(33-17-13-31(14-18-33)29(4)37-23-21-35(40)25-27(37)2)34-19-15-32(16-20-34)30(5)38-24-22-36(41)26-28(38)3/h13-26,29-30,39H,6-12,40-41H2,1-5H3. The van der Waals surface area contributed by atoms with E-state index in [1.807, 2.05) is 12.1 Å². The molecule has 4 rings (SSSR count). The van der Waals surface area contributed by atoms with Crippen LogP contribution in [-0.2, 0) is 0 Å². The minimum absolute atomic E-state index is 0.333. The zero-order chi connectivity index (χ0) is 29.4. The average molecular weight is 547 g/mol. The van der Waals surface area contributed by atoms with Crippen LogP contribution in [0.2, 0.25) is 0 Å². The summed E-state index contributed by atoms with van der Waals surface area (Å²) in [7, 11) is 0. The van der Waals surface area contributed by atoms with Crippen LogP contribution in [0.4, 0.5) is 11.4 Å². The summed E-state index contributed by atoms with van der Waals surface area (Å²) in [5, 5.41) is 0. The van der Waals surface area contributed by atoms with Crippen LogP contribution < -0.4 is 11.5 Å². The lowest BCUT2D eigenvalue weighted by Gasteiger charge is -2.22. The van der Waals surface area contributed by atoms with Crippen LogP contribution >= 0.6 is 0 Å². The van der Waals surface area contributed by atoms with Gasteiger partial charge in [-0.15, -0.1) is 0 Å². The van der Waals surface area contributed by atoms with Gasteiger partial charge < -0.3 is 11.5 Å². The first-order valence-electron chi connectivity index (χ1n) is 15.7. The van der Waals surface area contributed by atoms with Crippen molar-refractivity contribution in [1.82, 2.24) is 0 Å². The minimum atomic E-state index is 0.333. The number of aryl methyl sites for hydroxylation is 2. The third-order valence-electron chi connectivity index (χ3n) is 9.04. The molecule has 4 N–H and O–H groups in total. The molecule has 2 heteroatoms. The molecular weight excluding hydrogens is 496 g/mol. The maximum atomic E-state index is 6.01. The molecule has 216 valence electrons. The predicted molar refractivity (Wildman–Crippen MR) is 179 cm³/mol. The molecule has 41 heavy (non-hydrogen) atoms. The van der Waals surface area contributed by atoms with Crippen LogP contribution in [-0.4, -0.2) is 0 Å². The molecule has 0 aliphatic heterocycles. The van der Waals surface area contributed by atoms with Crippen molar-refractivity contribution in [2.45, 2.75) is 97.3 Å². The molecule has 0 aliphatic carbocycles. The monoisotopic (exact) mass is 546 g/mol. The molecule has 0 saturated carbocycles. The largest absolute Gasteiger partial charge is 0.399 e. The SMILES string of the molecule is CCCCCCCCC(c1ccc(C(C)c2ccc(N)cc2C)cc1)c1ccc(C(C)c2ccc(N)cc2C)cc1. The van der Waals surface area contributed by atoms with Crippen molar-refractivity contribution in [1.29, 1.82) is 0 Å². The lowest BCUT2D eigenvalue weighted by Crippen LogP contribution is -2.05. The Morgan fingerprint density at radius 1 is 0.512 bits per heavy atom. The van der Waals surface area contributed by atoms with Gasteiger partial charge >= 0.3 is 0 Å². The van der Waals surface area contributed by atoms with Crippen LogP contribution in [0.25, 0.3) is 0 Å². The van der Waals surface area contributed by atoms with E-state index in [4.69, 9.17) is 11.5 Å². The minimum Gasteiger partial charge on any atom is -0.399 e. The molecule has 0 heterocycles. The average Bonchev–Trinajstić information content (AvgIpc) is 2.96. The third-order valence-corrected chi connectivity index (χ3v) is 9.04. The molecule has 2 unspecified atom stereocenters. The van der Waals surface area contributed by atoms with Crippen LogP contribution in [0.15, 0.2) is 84.9 Å². The van der Waals surface area contributed by atoms with Crippen molar-refractivity contribution >= 4 is 11.4 Å². The van der Waals surface area contributed by atoms with Crippen LogP contribution in [0.5, 0.6) is 0 Å². The van der Waals surface area contributed by atoms with E-state index in [9.17, 15) is 0 Å². The fourth-order valence-electron chi connectivity index (χ4n) is 6.42. The zero-order valence-electron chi connectivity index (χ0n) is 25.9. The van der Waals surface area contributed by atoms with E-state index in [0.717, 1.165) is 11.4 Å². The summed E-state index contributed by atoms with van der Waals surface area (Å²) in [5.74, 6) is 1.07. The Morgan fingerprint density at radius 3 is 1.32 bits per heavy atom. The molecule has 2 atom stereocenters. The van der Waals surface area contributed by atoms with Gasteiger partial charge in [-0.05, 0) is 89.0 Å². The van der Waals surface area contributed by atoms with Crippen LogP contribution in [0, 0.1) is 13.8 Å². The highest BCUT2D eigenvalue weighted by atomic mass is 14.5. The van der Waals surface area contributed by atoms with Crippen molar-refractivity contribution in [2.24, 2.45) is 0 Å². The second-order valence-corrected chi connectivity index (χ2v) is 12.1. The van der Waals surface area contributed by atoms with Gasteiger partial charge in [-0.25, -0.2) is 0 Å². The van der Waals surface area contributed by atoms with Gasteiger partial charge in [0.1, 0.15) is 0 Å². The van der Waals surface area contributed by atoms with E-state index in [2.05, 4.69) is 107 Å². The molecule has 4 aromatic carbocycles. The van der Waals surface area contributed by atoms with E-state index >= 15 is 0 Å². The van der Waals surface area contributed by atoms with E-state index in [0.29, 0.717) is 17.8 Å². The van der Waals surface area contributed by atoms with Gasteiger partial charge in [0.05, 0.1) is 0 Å². The summed E-state index contributed by atoms with van der Waals surface area (Å²) in [6.07, 6.45) is 9.11. The Labute approximate surface area is 249 Å². The van der Waals surface area contributed by atoms with E-state index < -0.39 is 0 Å². The number of hydrogen-bond acceptors (Lipinski definition) is 2.